The third kappa shape index (κ3) is 4.00. The zero-order chi connectivity index (χ0) is 17.7. The standard InChI is InChI=1S/C18H24N2O4/c1-3-4-5-6-7-16(21)20(24)15-12-17(22)19(18(15)23)14-10-8-13(2)9-11-14/h8-11,15,24H,3-7,12H2,1-2H3/t15-/m0/s1. The van der Waals surface area contributed by atoms with Gasteiger partial charge in [-0.1, -0.05) is 43.9 Å². The summed E-state index contributed by atoms with van der Waals surface area (Å²) >= 11 is 0. The fraction of sp³-hybridized carbons (Fsp3) is 0.500. The molecule has 1 aromatic carbocycles. The van der Waals surface area contributed by atoms with E-state index in [4.69, 9.17) is 0 Å². The fourth-order valence-electron chi connectivity index (χ4n) is 2.76. The normalized spacial score (nSPS) is 17.5. The van der Waals surface area contributed by atoms with Crippen molar-refractivity contribution in [1.82, 2.24) is 5.06 Å². The third-order valence-electron chi connectivity index (χ3n) is 4.21. The number of amides is 3. The lowest BCUT2D eigenvalue weighted by Crippen LogP contribution is -2.43. The van der Waals surface area contributed by atoms with Crippen molar-refractivity contribution in [3.05, 3.63) is 29.8 Å². The van der Waals surface area contributed by atoms with E-state index in [9.17, 15) is 19.6 Å². The van der Waals surface area contributed by atoms with Crippen molar-refractivity contribution in [2.75, 3.05) is 4.90 Å². The first-order valence-electron chi connectivity index (χ1n) is 8.40. The average molecular weight is 332 g/mol. The van der Waals surface area contributed by atoms with E-state index in [1.807, 2.05) is 6.92 Å². The average Bonchev–Trinajstić information content (AvgIpc) is 2.86. The Bertz CT molecular complexity index is 612. The van der Waals surface area contributed by atoms with Crippen LogP contribution in [0.2, 0.25) is 0 Å². The lowest BCUT2D eigenvalue weighted by atomic mass is 10.1. The maximum Gasteiger partial charge on any atom is 0.259 e. The summed E-state index contributed by atoms with van der Waals surface area (Å²) in [4.78, 5) is 37.7. The molecular formula is C18H24N2O4. The van der Waals surface area contributed by atoms with E-state index in [0.717, 1.165) is 29.7 Å². The summed E-state index contributed by atoms with van der Waals surface area (Å²) in [6.45, 7) is 3.98. The number of carbonyl (C=O) groups excluding carboxylic acids is 3. The number of carbonyl (C=O) groups is 3. The molecule has 1 atom stereocenters. The van der Waals surface area contributed by atoms with Crippen LogP contribution in [0, 0.1) is 6.92 Å². The van der Waals surface area contributed by atoms with Gasteiger partial charge in [-0.15, -0.1) is 0 Å². The van der Waals surface area contributed by atoms with Gasteiger partial charge in [-0.25, -0.2) is 9.96 Å². The summed E-state index contributed by atoms with van der Waals surface area (Å²) in [7, 11) is 0. The number of benzene rings is 1. The number of unbranched alkanes of at least 4 members (excludes halogenated alkanes) is 3. The highest BCUT2D eigenvalue weighted by Crippen LogP contribution is 2.25. The first-order chi connectivity index (χ1) is 11.5. The van der Waals surface area contributed by atoms with Gasteiger partial charge in [-0.3, -0.25) is 19.6 Å². The van der Waals surface area contributed by atoms with E-state index in [0.29, 0.717) is 17.2 Å². The number of hydrogen-bond donors (Lipinski definition) is 1. The SMILES string of the molecule is CCCCCCC(=O)N(O)[C@H]1CC(=O)N(c2ccc(C)cc2)C1=O. The molecule has 1 fully saturated rings. The molecule has 0 unspecified atom stereocenters. The van der Waals surface area contributed by atoms with Crippen molar-refractivity contribution in [3.63, 3.8) is 0 Å². The molecule has 0 aliphatic carbocycles. The number of rotatable bonds is 7. The van der Waals surface area contributed by atoms with Crippen LogP contribution in [0.1, 0.15) is 51.0 Å². The quantitative estimate of drug-likeness (QED) is 0.360. The van der Waals surface area contributed by atoms with Crippen LogP contribution < -0.4 is 4.90 Å². The van der Waals surface area contributed by atoms with Crippen LogP contribution in [-0.4, -0.2) is 34.0 Å². The number of anilines is 1. The Morgan fingerprint density at radius 1 is 1.21 bits per heavy atom. The Morgan fingerprint density at radius 2 is 1.88 bits per heavy atom. The lowest BCUT2D eigenvalue weighted by molar-refractivity contribution is -0.177. The zero-order valence-corrected chi connectivity index (χ0v) is 14.2. The summed E-state index contributed by atoms with van der Waals surface area (Å²) in [5.74, 6) is -1.48. The van der Waals surface area contributed by atoms with Crippen LogP contribution in [0.3, 0.4) is 0 Å². The van der Waals surface area contributed by atoms with Crippen molar-refractivity contribution in [3.8, 4) is 0 Å². The monoisotopic (exact) mass is 332 g/mol. The predicted octanol–water partition coefficient (Wildman–Crippen LogP) is 2.82. The van der Waals surface area contributed by atoms with Crippen molar-refractivity contribution in [2.45, 2.75) is 58.4 Å². The summed E-state index contributed by atoms with van der Waals surface area (Å²) in [5.41, 5.74) is 1.47. The summed E-state index contributed by atoms with van der Waals surface area (Å²) in [5, 5.41) is 10.5. The van der Waals surface area contributed by atoms with Gasteiger partial charge in [0.2, 0.25) is 11.8 Å². The molecule has 3 amide bonds. The second-order valence-corrected chi connectivity index (χ2v) is 6.17. The number of hydrogen-bond acceptors (Lipinski definition) is 4. The van der Waals surface area contributed by atoms with Crippen molar-refractivity contribution in [1.29, 1.82) is 0 Å². The van der Waals surface area contributed by atoms with Crippen LogP contribution in [-0.2, 0) is 14.4 Å². The van der Waals surface area contributed by atoms with Gasteiger partial charge in [0, 0.05) is 6.42 Å². The highest BCUT2D eigenvalue weighted by molar-refractivity contribution is 6.22. The summed E-state index contributed by atoms with van der Waals surface area (Å²) in [6, 6.07) is 5.85. The van der Waals surface area contributed by atoms with Gasteiger partial charge in [0.25, 0.3) is 5.91 Å². The van der Waals surface area contributed by atoms with E-state index in [1.165, 1.54) is 0 Å². The van der Waals surface area contributed by atoms with Crippen LogP contribution >= 0.6 is 0 Å². The zero-order valence-electron chi connectivity index (χ0n) is 14.2. The highest BCUT2D eigenvalue weighted by Gasteiger charge is 2.44. The van der Waals surface area contributed by atoms with Crippen molar-refractivity contribution >= 4 is 23.4 Å². The van der Waals surface area contributed by atoms with Crippen molar-refractivity contribution in [2.24, 2.45) is 0 Å². The first-order valence-corrected chi connectivity index (χ1v) is 8.40. The molecule has 130 valence electrons. The molecule has 24 heavy (non-hydrogen) atoms. The molecule has 6 heteroatoms. The van der Waals surface area contributed by atoms with Gasteiger partial charge in [0.05, 0.1) is 12.1 Å². The van der Waals surface area contributed by atoms with Crippen LogP contribution in [0.15, 0.2) is 24.3 Å². The van der Waals surface area contributed by atoms with Gasteiger partial charge >= 0.3 is 0 Å². The van der Waals surface area contributed by atoms with Gasteiger partial charge in [-0.05, 0) is 25.5 Å². The molecule has 0 aromatic heterocycles. The summed E-state index contributed by atoms with van der Waals surface area (Å²) in [6.07, 6.45) is 3.64. The highest BCUT2D eigenvalue weighted by atomic mass is 16.5. The van der Waals surface area contributed by atoms with Crippen LogP contribution in [0.5, 0.6) is 0 Å². The van der Waals surface area contributed by atoms with Gasteiger partial charge < -0.3 is 0 Å². The molecule has 1 aliphatic rings. The lowest BCUT2D eigenvalue weighted by Gasteiger charge is -2.21. The predicted molar refractivity (Wildman–Crippen MR) is 89.5 cm³/mol. The van der Waals surface area contributed by atoms with Crippen LogP contribution in [0.4, 0.5) is 5.69 Å². The van der Waals surface area contributed by atoms with E-state index < -0.39 is 23.8 Å². The molecule has 0 radical (unpaired) electrons. The Kier molecular flexibility index (Phi) is 6.09. The second-order valence-electron chi connectivity index (χ2n) is 6.17. The topological polar surface area (TPSA) is 77.9 Å². The maximum absolute atomic E-state index is 12.5. The van der Waals surface area contributed by atoms with Crippen LogP contribution in [0.25, 0.3) is 0 Å². The Hall–Kier alpha value is -2.21. The minimum atomic E-state index is -1.13. The molecule has 1 aromatic rings. The molecule has 1 heterocycles. The maximum atomic E-state index is 12.5. The van der Waals surface area contributed by atoms with E-state index in [-0.39, 0.29) is 12.8 Å². The minimum absolute atomic E-state index is 0.180. The van der Waals surface area contributed by atoms with Crippen molar-refractivity contribution < 1.29 is 19.6 Å². The Morgan fingerprint density at radius 3 is 2.50 bits per heavy atom. The smallest absolute Gasteiger partial charge is 0.259 e. The Labute approximate surface area is 142 Å². The molecule has 6 nitrogen and oxygen atoms in total. The molecule has 0 saturated carbocycles. The minimum Gasteiger partial charge on any atom is -0.285 e. The number of nitrogens with zero attached hydrogens (tertiary/aromatic N) is 2. The molecule has 2 rings (SSSR count). The largest absolute Gasteiger partial charge is 0.285 e. The van der Waals surface area contributed by atoms with E-state index in [1.54, 1.807) is 24.3 Å². The summed E-state index contributed by atoms with van der Waals surface area (Å²) < 4.78 is 0. The molecule has 0 spiro atoms. The van der Waals surface area contributed by atoms with Gasteiger partial charge in [-0.2, -0.15) is 0 Å². The number of aryl methyl sites for hydroxylation is 1. The molecular weight excluding hydrogens is 308 g/mol. The molecule has 1 aliphatic heterocycles. The second kappa shape index (κ2) is 8.06. The molecule has 0 bridgehead atoms. The molecule has 1 saturated heterocycles. The fourth-order valence-corrected chi connectivity index (χ4v) is 2.76. The number of hydroxylamine groups is 2. The third-order valence-corrected chi connectivity index (χ3v) is 4.21. The van der Waals surface area contributed by atoms with Gasteiger partial charge in [0.1, 0.15) is 6.04 Å². The van der Waals surface area contributed by atoms with E-state index >= 15 is 0 Å². The number of imide groups is 1. The van der Waals surface area contributed by atoms with E-state index in [2.05, 4.69) is 6.92 Å². The Balaban J connectivity index is 2.02. The molecule has 1 N–H and O–H groups in total. The first kappa shape index (κ1) is 18.1. The van der Waals surface area contributed by atoms with Gasteiger partial charge in [0.15, 0.2) is 0 Å².